The predicted molar refractivity (Wildman–Crippen MR) is 55.1 cm³/mol. The van der Waals surface area contributed by atoms with Crippen molar-refractivity contribution in [1.29, 1.82) is 0 Å². The van der Waals surface area contributed by atoms with Gasteiger partial charge in [-0.1, -0.05) is 6.42 Å². The molecule has 0 aromatic carbocycles. The third-order valence-electron chi connectivity index (χ3n) is 3.13. The third-order valence-corrected chi connectivity index (χ3v) is 5.37. The lowest BCUT2D eigenvalue weighted by Gasteiger charge is -2.26. The van der Waals surface area contributed by atoms with Crippen LogP contribution in [0.25, 0.3) is 0 Å². The highest BCUT2D eigenvalue weighted by atomic mass is 32.2. The van der Waals surface area contributed by atoms with Crippen LogP contribution in [0.3, 0.4) is 0 Å². The number of hydrogen-bond donors (Lipinski definition) is 0. The van der Waals surface area contributed by atoms with Gasteiger partial charge in [-0.2, -0.15) is 17.0 Å². The summed E-state index contributed by atoms with van der Waals surface area (Å²) in [5.74, 6) is 0. The van der Waals surface area contributed by atoms with Crippen molar-refractivity contribution in [1.82, 2.24) is 8.61 Å². The van der Waals surface area contributed by atoms with Crippen LogP contribution in [0.5, 0.6) is 0 Å². The molecule has 2 saturated heterocycles. The molecule has 0 bridgehead atoms. The molecular formula is C9H18N2O2S. The second-order valence-electron chi connectivity index (χ2n) is 4.43. The molecule has 2 aliphatic heterocycles. The molecule has 0 aromatic rings. The van der Waals surface area contributed by atoms with E-state index in [0.29, 0.717) is 6.54 Å². The second-order valence-corrected chi connectivity index (χ2v) is 6.27. The number of piperidine rings is 1. The first-order valence-electron chi connectivity index (χ1n) is 5.32. The van der Waals surface area contributed by atoms with Crippen molar-refractivity contribution in [3.05, 3.63) is 0 Å². The van der Waals surface area contributed by atoms with Crippen molar-refractivity contribution >= 4 is 10.2 Å². The molecular weight excluding hydrogens is 200 g/mol. The van der Waals surface area contributed by atoms with E-state index >= 15 is 0 Å². The Balaban J connectivity index is 2.26. The average Bonchev–Trinajstić information content (AvgIpc) is 2.39. The fourth-order valence-electron chi connectivity index (χ4n) is 2.37. The average molecular weight is 218 g/mol. The van der Waals surface area contributed by atoms with E-state index in [1.807, 2.05) is 13.8 Å². The van der Waals surface area contributed by atoms with Gasteiger partial charge >= 0.3 is 0 Å². The van der Waals surface area contributed by atoms with Gasteiger partial charge in [0.2, 0.25) is 0 Å². The Hall–Kier alpha value is -0.130. The summed E-state index contributed by atoms with van der Waals surface area (Å²) in [6, 6.07) is 0.335. The molecule has 0 N–H and O–H groups in total. The normalized spacial score (nSPS) is 33.5. The Kier molecular flexibility index (Phi) is 2.57. The van der Waals surface area contributed by atoms with Crippen LogP contribution >= 0.6 is 0 Å². The number of fused-ring (bicyclic) bond motifs is 1. The standard InChI is InChI=1S/C9H18N2O2S/c1-8(2)11-7-9-5-3-4-6-10(9)14(11,12)13/h8-9H,3-7H2,1-2H3. The first-order chi connectivity index (χ1) is 6.53. The van der Waals surface area contributed by atoms with Crippen LogP contribution in [-0.4, -0.2) is 42.2 Å². The van der Waals surface area contributed by atoms with Gasteiger partial charge in [0.05, 0.1) is 0 Å². The van der Waals surface area contributed by atoms with Crippen LogP contribution in [-0.2, 0) is 10.2 Å². The first kappa shape index (κ1) is 10.4. The topological polar surface area (TPSA) is 40.6 Å². The zero-order chi connectivity index (χ0) is 10.3. The highest BCUT2D eigenvalue weighted by molar-refractivity contribution is 7.87. The Morgan fingerprint density at radius 2 is 2.00 bits per heavy atom. The molecule has 5 heteroatoms. The fraction of sp³-hybridized carbons (Fsp3) is 1.00. The summed E-state index contributed by atoms with van der Waals surface area (Å²) in [6.07, 6.45) is 3.22. The summed E-state index contributed by atoms with van der Waals surface area (Å²) in [4.78, 5) is 0. The predicted octanol–water partition coefficient (Wildman–Crippen LogP) is 0.810. The van der Waals surface area contributed by atoms with Gasteiger partial charge in [0, 0.05) is 25.2 Å². The summed E-state index contributed by atoms with van der Waals surface area (Å²) < 4.78 is 27.4. The van der Waals surface area contributed by atoms with E-state index in [1.165, 1.54) is 6.42 Å². The molecule has 0 aliphatic carbocycles. The van der Waals surface area contributed by atoms with Crippen LogP contribution in [0, 0.1) is 0 Å². The Labute approximate surface area is 86.1 Å². The minimum atomic E-state index is -3.12. The van der Waals surface area contributed by atoms with Crippen molar-refractivity contribution in [3.8, 4) is 0 Å². The van der Waals surface area contributed by atoms with Crippen molar-refractivity contribution in [2.45, 2.75) is 45.2 Å². The molecule has 1 unspecified atom stereocenters. The van der Waals surface area contributed by atoms with E-state index in [2.05, 4.69) is 0 Å². The SMILES string of the molecule is CC(C)N1CC2CCCCN2S1(=O)=O. The minimum Gasteiger partial charge on any atom is -0.195 e. The molecule has 2 aliphatic rings. The molecule has 4 nitrogen and oxygen atoms in total. The quantitative estimate of drug-likeness (QED) is 0.653. The van der Waals surface area contributed by atoms with Gasteiger partial charge in [-0.15, -0.1) is 0 Å². The maximum absolute atomic E-state index is 12.0. The highest BCUT2D eigenvalue weighted by Gasteiger charge is 2.45. The fourth-order valence-corrected chi connectivity index (χ4v) is 4.45. The molecule has 0 saturated carbocycles. The van der Waals surface area contributed by atoms with Crippen LogP contribution in [0.15, 0.2) is 0 Å². The monoisotopic (exact) mass is 218 g/mol. The zero-order valence-corrected chi connectivity index (χ0v) is 9.63. The second kappa shape index (κ2) is 3.47. The smallest absolute Gasteiger partial charge is 0.195 e. The zero-order valence-electron chi connectivity index (χ0n) is 8.81. The number of hydrogen-bond acceptors (Lipinski definition) is 2. The van der Waals surface area contributed by atoms with Gasteiger partial charge in [0.1, 0.15) is 0 Å². The Bertz CT molecular complexity index is 305. The van der Waals surface area contributed by atoms with Gasteiger partial charge in [0.25, 0.3) is 10.2 Å². The third kappa shape index (κ3) is 1.47. The first-order valence-corrected chi connectivity index (χ1v) is 6.72. The summed E-state index contributed by atoms with van der Waals surface area (Å²) in [7, 11) is -3.12. The van der Waals surface area contributed by atoms with Gasteiger partial charge < -0.3 is 0 Å². The van der Waals surface area contributed by atoms with Crippen molar-refractivity contribution < 1.29 is 8.42 Å². The number of rotatable bonds is 1. The Morgan fingerprint density at radius 1 is 1.29 bits per heavy atom. The van der Waals surface area contributed by atoms with Crippen LogP contribution in [0.2, 0.25) is 0 Å². The Morgan fingerprint density at radius 3 is 2.57 bits per heavy atom. The minimum absolute atomic E-state index is 0.0885. The lowest BCUT2D eigenvalue weighted by atomic mass is 10.1. The summed E-state index contributed by atoms with van der Waals surface area (Å²) in [6.45, 7) is 5.29. The molecule has 2 fully saturated rings. The van der Waals surface area contributed by atoms with E-state index in [9.17, 15) is 8.42 Å². The molecule has 14 heavy (non-hydrogen) atoms. The molecule has 2 rings (SSSR count). The lowest BCUT2D eigenvalue weighted by molar-refractivity contribution is 0.268. The van der Waals surface area contributed by atoms with Gasteiger partial charge in [-0.25, -0.2) is 0 Å². The van der Waals surface area contributed by atoms with Crippen LogP contribution < -0.4 is 0 Å². The van der Waals surface area contributed by atoms with Gasteiger partial charge in [-0.3, -0.25) is 0 Å². The van der Waals surface area contributed by atoms with Crippen LogP contribution in [0.1, 0.15) is 33.1 Å². The summed E-state index contributed by atoms with van der Waals surface area (Å²) in [5.41, 5.74) is 0. The molecule has 2 heterocycles. The largest absolute Gasteiger partial charge is 0.282 e. The van der Waals surface area contributed by atoms with E-state index in [1.54, 1.807) is 8.61 Å². The number of nitrogens with zero attached hydrogens (tertiary/aromatic N) is 2. The van der Waals surface area contributed by atoms with E-state index < -0.39 is 10.2 Å². The van der Waals surface area contributed by atoms with Crippen molar-refractivity contribution in [2.24, 2.45) is 0 Å². The molecule has 82 valence electrons. The van der Waals surface area contributed by atoms with Crippen LogP contribution in [0.4, 0.5) is 0 Å². The molecule has 1 atom stereocenters. The van der Waals surface area contributed by atoms with E-state index in [4.69, 9.17) is 0 Å². The van der Waals surface area contributed by atoms with Crippen molar-refractivity contribution in [2.75, 3.05) is 13.1 Å². The molecule has 0 aromatic heterocycles. The van der Waals surface area contributed by atoms with Crippen molar-refractivity contribution in [3.63, 3.8) is 0 Å². The van der Waals surface area contributed by atoms with Gasteiger partial charge in [0.15, 0.2) is 0 Å². The summed E-state index contributed by atoms with van der Waals surface area (Å²) >= 11 is 0. The maximum atomic E-state index is 12.0. The van der Waals surface area contributed by atoms with E-state index in [0.717, 1.165) is 19.4 Å². The molecule has 0 radical (unpaired) electrons. The molecule has 0 spiro atoms. The highest BCUT2D eigenvalue weighted by Crippen LogP contribution is 2.30. The lowest BCUT2D eigenvalue weighted by Crippen LogP contribution is -2.40. The molecule has 0 amide bonds. The maximum Gasteiger partial charge on any atom is 0.282 e. The summed E-state index contributed by atoms with van der Waals surface area (Å²) in [5, 5.41) is 0. The van der Waals surface area contributed by atoms with Gasteiger partial charge in [-0.05, 0) is 26.7 Å². The van der Waals surface area contributed by atoms with E-state index in [-0.39, 0.29) is 12.1 Å².